The van der Waals surface area contributed by atoms with E-state index in [0.29, 0.717) is 11.0 Å². The van der Waals surface area contributed by atoms with Crippen molar-refractivity contribution in [2.75, 3.05) is 14.2 Å². The summed E-state index contributed by atoms with van der Waals surface area (Å²) in [6.45, 7) is 1.99. The first-order valence-electron chi connectivity index (χ1n) is 6.89. The van der Waals surface area contributed by atoms with Gasteiger partial charge >= 0.3 is 0 Å². The third kappa shape index (κ3) is 3.74. The number of ether oxygens (including phenoxy) is 1. The predicted molar refractivity (Wildman–Crippen MR) is 84.0 cm³/mol. The van der Waals surface area contributed by atoms with Crippen molar-refractivity contribution >= 4 is 11.6 Å². The van der Waals surface area contributed by atoms with E-state index >= 15 is 0 Å². The first-order valence-corrected chi connectivity index (χ1v) is 7.27. The number of rotatable bonds is 6. The summed E-state index contributed by atoms with van der Waals surface area (Å²) in [6, 6.07) is 4.19. The molecule has 0 radical (unpaired) electrons. The normalized spacial score (nSPS) is 12.4. The molecule has 0 spiro atoms. The highest BCUT2D eigenvalue weighted by Gasteiger charge is 2.16. The molecule has 0 bridgehead atoms. The highest BCUT2D eigenvalue weighted by Crippen LogP contribution is 2.21. The molecule has 1 N–H and O–H groups in total. The van der Waals surface area contributed by atoms with Crippen molar-refractivity contribution in [3.63, 3.8) is 0 Å². The number of halogens is 1. The van der Waals surface area contributed by atoms with Crippen molar-refractivity contribution < 1.29 is 4.74 Å². The molecule has 1 unspecified atom stereocenters. The monoisotopic (exact) mass is 308 g/mol. The fraction of sp³-hybridized carbons (Fsp3) is 0.467. The van der Waals surface area contributed by atoms with E-state index in [1.54, 1.807) is 11.8 Å². The molecule has 2 aromatic heterocycles. The van der Waals surface area contributed by atoms with Crippen molar-refractivity contribution in [2.45, 2.75) is 25.8 Å². The number of pyridine rings is 1. The summed E-state index contributed by atoms with van der Waals surface area (Å²) in [5, 5.41) is 8.40. The molecule has 0 aliphatic rings. The maximum Gasteiger partial charge on any atom is 0.212 e. The third-order valence-electron chi connectivity index (χ3n) is 3.62. The van der Waals surface area contributed by atoms with Crippen LogP contribution >= 0.6 is 11.6 Å². The van der Waals surface area contributed by atoms with Crippen LogP contribution in [-0.2, 0) is 19.9 Å². The van der Waals surface area contributed by atoms with E-state index in [2.05, 4.69) is 15.4 Å². The predicted octanol–water partition coefficient (Wildman–Crippen LogP) is 2.16. The quantitative estimate of drug-likeness (QED) is 0.888. The Kier molecular flexibility index (Phi) is 5.20. The van der Waals surface area contributed by atoms with Crippen LogP contribution in [0.3, 0.4) is 0 Å². The zero-order valence-corrected chi connectivity index (χ0v) is 13.6. The number of hydrogen-bond donors (Lipinski definition) is 1. The van der Waals surface area contributed by atoms with Gasteiger partial charge in [0.15, 0.2) is 0 Å². The lowest BCUT2D eigenvalue weighted by Crippen LogP contribution is -2.30. The second-order valence-electron chi connectivity index (χ2n) is 5.08. The molecule has 0 saturated heterocycles. The number of nitrogens with zero attached hydrogens (tertiary/aromatic N) is 3. The fourth-order valence-electron chi connectivity index (χ4n) is 2.37. The Bertz CT molecular complexity index is 594. The Labute approximate surface area is 130 Å². The lowest BCUT2D eigenvalue weighted by molar-refractivity contribution is 0.397. The molecule has 2 rings (SSSR count). The summed E-state index contributed by atoms with van der Waals surface area (Å²) >= 11 is 6.30. The van der Waals surface area contributed by atoms with Gasteiger partial charge in [-0.1, -0.05) is 17.7 Å². The highest BCUT2D eigenvalue weighted by atomic mass is 35.5. The zero-order chi connectivity index (χ0) is 15.4. The largest absolute Gasteiger partial charge is 0.481 e. The van der Waals surface area contributed by atoms with Crippen LogP contribution in [0.1, 0.15) is 16.8 Å². The maximum absolute atomic E-state index is 6.30. The lowest BCUT2D eigenvalue weighted by atomic mass is 10.0. The molecular formula is C15H21ClN4O. The van der Waals surface area contributed by atoms with Crippen molar-refractivity contribution in [1.82, 2.24) is 20.1 Å². The molecule has 114 valence electrons. The van der Waals surface area contributed by atoms with E-state index in [0.717, 1.165) is 29.7 Å². The van der Waals surface area contributed by atoms with Crippen molar-refractivity contribution in [1.29, 1.82) is 0 Å². The molecule has 0 fully saturated rings. The summed E-state index contributed by atoms with van der Waals surface area (Å²) in [7, 11) is 5.44. The summed E-state index contributed by atoms with van der Waals surface area (Å²) in [6.07, 6.45) is 3.56. The molecule has 0 aliphatic carbocycles. The number of methoxy groups -OCH3 is 1. The van der Waals surface area contributed by atoms with Gasteiger partial charge in [0.05, 0.1) is 12.8 Å². The Balaban J connectivity index is 2.09. The van der Waals surface area contributed by atoms with E-state index in [-0.39, 0.29) is 6.04 Å². The number of nitrogens with one attached hydrogen (secondary N) is 1. The minimum Gasteiger partial charge on any atom is -0.481 e. The van der Waals surface area contributed by atoms with Gasteiger partial charge in [-0.15, -0.1) is 0 Å². The molecule has 0 saturated carbocycles. The second-order valence-corrected chi connectivity index (χ2v) is 5.44. The van der Waals surface area contributed by atoms with Crippen molar-refractivity contribution in [2.24, 2.45) is 7.05 Å². The van der Waals surface area contributed by atoms with Crippen LogP contribution < -0.4 is 10.1 Å². The molecule has 6 heteroatoms. The molecule has 2 aromatic rings. The summed E-state index contributed by atoms with van der Waals surface area (Å²) < 4.78 is 6.79. The Morgan fingerprint density at radius 2 is 2.14 bits per heavy atom. The van der Waals surface area contributed by atoms with E-state index < -0.39 is 0 Å². The Morgan fingerprint density at radius 3 is 2.62 bits per heavy atom. The van der Waals surface area contributed by atoms with E-state index in [1.165, 1.54) is 0 Å². The van der Waals surface area contributed by atoms with Crippen molar-refractivity contribution in [3.05, 3.63) is 40.3 Å². The fourth-order valence-corrected chi connectivity index (χ4v) is 2.62. The smallest absolute Gasteiger partial charge is 0.212 e. The van der Waals surface area contributed by atoms with Gasteiger partial charge in [0, 0.05) is 30.9 Å². The molecule has 0 aromatic carbocycles. The summed E-state index contributed by atoms with van der Waals surface area (Å²) in [5.41, 5.74) is 3.24. The van der Waals surface area contributed by atoms with Crippen LogP contribution in [0.2, 0.25) is 5.15 Å². The number of aromatic nitrogens is 3. The zero-order valence-electron chi connectivity index (χ0n) is 12.9. The molecule has 21 heavy (non-hydrogen) atoms. The van der Waals surface area contributed by atoms with Gasteiger partial charge in [-0.3, -0.25) is 4.68 Å². The van der Waals surface area contributed by atoms with Gasteiger partial charge in [-0.05, 0) is 32.4 Å². The van der Waals surface area contributed by atoms with Gasteiger partial charge in [0.25, 0.3) is 0 Å². The van der Waals surface area contributed by atoms with Crippen LogP contribution in [-0.4, -0.2) is 35.0 Å². The first kappa shape index (κ1) is 15.8. The Hall–Kier alpha value is -1.59. The van der Waals surface area contributed by atoms with Crippen LogP contribution in [0.15, 0.2) is 18.3 Å². The number of aryl methyl sites for hydroxylation is 2. The van der Waals surface area contributed by atoms with Gasteiger partial charge in [0.1, 0.15) is 5.15 Å². The van der Waals surface area contributed by atoms with Gasteiger partial charge in [-0.2, -0.15) is 5.10 Å². The third-order valence-corrected chi connectivity index (χ3v) is 4.09. The molecule has 5 nitrogen and oxygen atoms in total. The molecular weight excluding hydrogens is 288 g/mol. The molecule has 0 amide bonds. The Morgan fingerprint density at radius 1 is 1.38 bits per heavy atom. The second kappa shape index (κ2) is 6.91. The topological polar surface area (TPSA) is 52.0 Å². The number of hydrogen-bond acceptors (Lipinski definition) is 4. The van der Waals surface area contributed by atoms with E-state index in [4.69, 9.17) is 16.3 Å². The minimum absolute atomic E-state index is 0.278. The van der Waals surface area contributed by atoms with Gasteiger partial charge in [0.2, 0.25) is 5.88 Å². The van der Waals surface area contributed by atoms with Gasteiger partial charge < -0.3 is 10.1 Å². The van der Waals surface area contributed by atoms with E-state index in [1.807, 2.05) is 39.3 Å². The van der Waals surface area contributed by atoms with E-state index in [9.17, 15) is 0 Å². The number of likely N-dealkylation sites (N-methyl/N-ethyl adjacent to an activating group) is 1. The molecule has 0 aliphatic heterocycles. The maximum atomic E-state index is 6.30. The molecule has 1 atom stereocenters. The SMILES string of the molecule is CNC(Cc1ccc(OC)nc1)Cc1c(C)nn(C)c1Cl. The first-order chi connectivity index (χ1) is 10.0. The summed E-state index contributed by atoms with van der Waals surface area (Å²) in [5.74, 6) is 0.630. The standard InChI is InChI=1S/C15H21ClN4O/c1-10-13(15(16)20(3)19-10)8-12(17-2)7-11-5-6-14(21-4)18-9-11/h5-6,9,12,17H,7-8H2,1-4H3. The van der Waals surface area contributed by atoms with Gasteiger partial charge in [-0.25, -0.2) is 4.98 Å². The lowest BCUT2D eigenvalue weighted by Gasteiger charge is -2.16. The van der Waals surface area contributed by atoms with Crippen LogP contribution in [0.5, 0.6) is 5.88 Å². The summed E-state index contributed by atoms with van der Waals surface area (Å²) in [4.78, 5) is 4.24. The highest BCUT2D eigenvalue weighted by molar-refractivity contribution is 6.30. The van der Waals surface area contributed by atoms with Crippen LogP contribution in [0, 0.1) is 6.92 Å². The average Bonchev–Trinajstić information content (AvgIpc) is 2.73. The minimum atomic E-state index is 0.278. The van der Waals surface area contributed by atoms with Crippen LogP contribution in [0.25, 0.3) is 0 Å². The average molecular weight is 309 g/mol. The van der Waals surface area contributed by atoms with Crippen molar-refractivity contribution in [3.8, 4) is 5.88 Å². The van der Waals surface area contributed by atoms with Crippen LogP contribution in [0.4, 0.5) is 0 Å². The molecule has 2 heterocycles.